The molecule has 1 aromatic heterocycles. The molecular weight excluding hydrogens is 220 g/mol. The van der Waals surface area contributed by atoms with Crippen LogP contribution in [0.1, 0.15) is 36.6 Å². The molecule has 0 unspecified atom stereocenters. The topological polar surface area (TPSA) is 17.8 Å². The molecule has 0 N–H and O–H groups in total. The number of benzene rings is 1. The highest BCUT2D eigenvalue weighted by Crippen LogP contribution is 2.10. The van der Waals surface area contributed by atoms with E-state index in [4.69, 9.17) is 0 Å². The zero-order chi connectivity index (χ0) is 12.8. The Morgan fingerprint density at radius 3 is 2.61 bits per heavy atom. The maximum atomic E-state index is 4.09. The molecule has 2 rings (SSSR count). The van der Waals surface area contributed by atoms with Crippen LogP contribution in [0.15, 0.2) is 36.8 Å². The Kier molecular flexibility index (Phi) is 4.35. The number of hydrogen-bond donors (Lipinski definition) is 0. The third-order valence-corrected chi connectivity index (χ3v) is 3.09. The van der Waals surface area contributed by atoms with Crippen molar-refractivity contribution in [1.29, 1.82) is 0 Å². The molecule has 2 heteroatoms. The molecule has 0 spiro atoms. The van der Waals surface area contributed by atoms with Gasteiger partial charge in [0.05, 0.1) is 6.33 Å². The highest BCUT2D eigenvalue weighted by atomic mass is 15.0. The largest absolute Gasteiger partial charge is 0.310 e. The second-order valence-electron chi connectivity index (χ2n) is 4.60. The summed E-state index contributed by atoms with van der Waals surface area (Å²) in [7, 11) is 0. The van der Waals surface area contributed by atoms with Gasteiger partial charge >= 0.3 is 0 Å². The molecule has 0 bridgehead atoms. The molecule has 0 aliphatic heterocycles. The zero-order valence-corrected chi connectivity index (χ0v) is 11.1. The maximum Gasteiger partial charge on any atom is 0.0989 e. The van der Waals surface area contributed by atoms with Crippen LogP contribution in [0.25, 0.3) is 12.3 Å². The van der Waals surface area contributed by atoms with E-state index in [0.29, 0.717) is 0 Å². The summed E-state index contributed by atoms with van der Waals surface area (Å²) < 4.78 is 2.02. The fourth-order valence-corrected chi connectivity index (χ4v) is 1.87. The summed E-state index contributed by atoms with van der Waals surface area (Å²) in [5.74, 6) is 0. The normalized spacial score (nSPS) is 11.2. The number of nitrogens with zero attached hydrogens (tertiary/aromatic N) is 2. The summed E-state index contributed by atoms with van der Waals surface area (Å²) >= 11 is 0. The number of unbranched alkanes of at least 4 members (excludes halogenated alkanes) is 1. The minimum absolute atomic E-state index is 1.14. The summed E-state index contributed by atoms with van der Waals surface area (Å²) in [4.78, 5) is 4.09. The number of aryl methyl sites for hydroxylation is 2. The van der Waals surface area contributed by atoms with E-state index < -0.39 is 0 Å². The first kappa shape index (κ1) is 12.6. The summed E-state index contributed by atoms with van der Waals surface area (Å²) in [5.41, 5.74) is 3.79. The van der Waals surface area contributed by atoms with Crippen molar-refractivity contribution in [1.82, 2.24) is 9.55 Å². The van der Waals surface area contributed by atoms with Gasteiger partial charge in [0.25, 0.3) is 0 Å². The predicted molar refractivity (Wildman–Crippen MR) is 77.2 cm³/mol. The van der Waals surface area contributed by atoms with Gasteiger partial charge in [-0.2, -0.15) is 0 Å². The lowest BCUT2D eigenvalue weighted by Gasteiger charge is -2.01. The molecule has 1 aromatic carbocycles. The van der Waals surface area contributed by atoms with Crippen molar-refractivity contribution in [3.8, 4) is 0 Å². The van der Waals surface area contributed by atoms with Gasteiger partial charge in [0.15, 0.2) is 0 Å². The van der Waals surface area contributed by atoms with Gasteiger partial charge in [-0.3, -0.25) is 0 Å². The minimum Gasteiger partial charge on any atom is -0.310 e. The second-order valence-corrected chi connectivity index (χ2v) is 4.60. The van der Waals surface area contributed by atoms with E-state index in [0.717, 1.165) is 5.69 Å². The third-order valence-electron chi connectivity index (χ3n) is 3.09. The average Bonchev–Trinajstić information content (AvgIpc) is 2.81. The molecule has 2 aromatic rings. The van der Waals surface area contributed by atoms with Gasteiger partial charge in [0.2, 0.25) is 0 Å². The van der Waals surface area contributed by atoms with Crippen LogP contribution in [0.5, 0.6) is 0 Å². The minimum atomic E-state index is 1.14. The monoisotopic (exact) mass is 240 g/mol. The van der Waals surface area contributed by atoms with Crippen LogP contribution >= 0.6 is 0 Å². The van der Waals surface area contributed by atoms with E-state index in [9.17, 15) is 0 Å². The number of imidazole rings is 1. The molecule has 0 fully saturated rings. The van der Waals surface area contributed by atoms with Gasteiger partial charge in [-0.1, -0.05) is 37.6 Å². The number of aromatic nitrogens is 2. The van der Waals surface area contributed by atoms with E-state index in [1.807, 2.05) is 30.2 Å². The Balaban J connectivity index is 2.02. The predicted octanol–water partition coefficient (Wildman–Crippen LogP) is 4.16. The van der Waals surface area contributed by atoms with Crippen LogP contribution in [0.3, 0.4) is 0 Å². The van der Waals surface area contributed by atoms with Crippen molar-refractivity contribution in [2.45, 2.75) is 33.1 Å². The van der Waals surface area contributed by atoms with Crippen LogP contribution in [-0.4, -0.2) is 9.55 Å². The Bertz CT molecular complexity index is 506. The van der Waals surface area contributed by atoms with Crippen molar-refractivity contribution in [3.05, 3.63) is 53.6 Å². The van der Waals surface area contributed by atoms with E-state index in [1.165, 1.54) is 30.4 Å². The van der Waals surface area contributed by atoms with Crippen molar-refractivity contribution >= 4 is 12.3 Å². The summed E-state index contributed by atoms with van der Waals surface area (Å²) in [6.45, 7) is 4.27. The van der Waals surface area contributed by atoms with Crippen molar-refractivity contribution in [2.24, 2.45) is 0 Å². The molecule has 0 aliphatic rings. The van der Waals surface area contributed by atoms with E-state index in [-0.39, 0.29) is 0 Å². The Hall–Kier alpha value is -1.83. The van der Waals surface area contributed by atoms with Crippen LogP contribution < -0.4 is 0 Å². The second kappa shape index (κ2) is 6.20. The van der Waals surface area contributed by atoms with Gasteiger partial charge in [-0.15, -0.1) is 0 Å². The molecule has 18 heavy (non-hydrogen) atoms. The first-order chi connectivity index (χ1) is 8.79. The molecule has 2 nitrogen and oxygen atoms in total. The zero-order valence-electron chi connectivity index (χ0n) is 11.1. The molecule has 0 saturated carbocycles. The van der Waals surface area contributed by atoms with Crippen molar-refractivity contribution in [3.63, 3.8) is 0 Å². The SMILES string of the molecule is CCCCc1ccc(/C=C\n2cncc2C)cc1. The molecule has 1 heterocycles. The Morgan fingerprint density at radius 1 is 1.22 bits per heavy atom. The molecule has 0 amide bonds. The van der Waals surface area contributed by atoms with Crippen LogP contribution in [-0.2, 0) is 6.42 Å². The van der Waals surface area contributed by atoms with Gasteiger partial charge in [-0.05, 0) is 37.0 Å². The van der Waals surface area contributed by atoms with E-state index in [2.05, 4.69) is 42.2 Å². The fourth-order valence-electron chi connectivity index (χ4n) is 1.87. The molecule has 94 valence electrons. The van der Waals surface area contributed by atoms with Gasteiger partial charge < -0.3 is 4.57 Å². The lowest BCUT2D eigenvalue weighted by Crippen LogP contribution is -1.86. The maximum absolute atomic E-state index is 4.09. The highest BCUT2D eigenvalue weighted by molar-refractivity contribution is 5.60. The van der Waals surface area contributed by atoms with E-state index in [1.54, 1.807) is 0 Å². The fraction of sp³-hybridized carbons (Fsp3) is 0.312. The Labute approximate surface area is 109 Å². The lowest BCUT2D eigenvalue weighted by atomic mass is 10.1. The summed E-state index contributed by atoms with van der Waals surface area (Å²) in [6, 6.07) is 8.79. The van der Waals surface area contributed by atoms with E-state index >= 15 is 0 Å². The number of hydrogen-bond acceptors (Lipinski definition) is 1. The molecular formula is C16H20N2. The van der Waals surface area contributed by atoms with Gasteiger partial charge in [0, 0.05) is 18.1 Å². The number of rotatable bonds is 5. The van der Waals surface area contributed by atoms with Gasteiger partial charge in [0.1, 0.15) is 0 Å². The molecule has 0 saturated heterocycles. The smallest absolute Gasteiger partial charge is 0.0989 e. The average molecular weight is 240 g/mol. The summed E-state index contributed by atoms with van der Waals surface area (Å²) in [6.07, 6.45) is 11.5. The van der Waals surface area contributed by atoms with Crippen LogP contribution in [0.2, 0.25) is 0 Å². The first-order valence-corrected chi connectivity index (χ1v) is 6.55. The third kappa shape index (κ3) is 3.33. The van der Waals surface area contributed by atoms with Crippen molar-refractivity contribution in [2.75, 3.05) is 0 Å². The summed E-state index contributed by atoms with van der Waals surface area (Å²) in [5, 5.41) is 0. The van der Waals surface area contributed by atoms with Crippen LogP contribution in [0, 0.1) is 6.92 Å². The first-order valence-electron chi connectivity index (χ1n) is 6.55. The lowest BCUT2D eigenvalue weighted by molar-refractivity contribution is 0.795. The molecule has 0 radical (unpaired) electrons. The standard InChI is InChI=1S/C16H20N2/c1-3-4-5-15-6-8-16(9-7-15)10-11-18-13-17-12-14(18)2/h6-13H,3-5H2,1-2H3/b11-10-. The Morgan fingerprint density at radius 2 is 2.00 bits per heavy atom. The van der Waals surface area contributed by atoms with Gasteiger partial charge in [-0.25, -0.2) is 4.98 Å². The van der Waals surface area contributed by atoms with Crippen molar-refractivity contribution < 1.29 is 0 Å². The van der Waals surface area contributed by atoms with Crippen LogP contribution in [0.4, 0.5) is 0 Å². The molecule has 0 atom stereocenters. The molecule has 0 aliphatic carbocycles. The highest BCUT2D eigenvalue weighted by Gasteiger charge is 1.93. The quantitative estimate of drug-likeness (QED) is 0.767.